The number of anilines is 1. The zero-order valence-electron chi connectivity index (χ0n) is 12.0. The first-order valence-corrected chi connectivity index (χ1v) is 8.63. The highest BCUT2D eigenvalue weighted by Crippen LogP contribution is 2.26. The van der Waals surface area contributed by atoms with Gasteiger partial charge in [-0.05, 0) is 12.8 Å². The van der Waals surface area contributed by atoms with Crippen LogP contribution in [0.3, 0.4) is 0 Å². The molecule has 0 spiro atoms. The first-order chi connectivity index (χ1) is 9.97. The van der Waals surface area contributed by atoms with Crippen LogP contribution >= 0.6 is 0 Å². The molecule has 0 aliphatic carbocycles. The van der Waals surface area contributed by atoms with Crippen molar-refractivity contribution < 1.29 is 8.42 Å². The highest BCUT2D eigenvalue weighted by Gasteiger charge is 2.28. The van der Waals surface area contributed by atoms with E-state index in [1.165, 1.54) is 16.9 Å². The van der Waals surface area contributed by atoms with Crippen LogP contribution in [0.25, 0.3) is 11.0 Å². The Kier molecular flexibility index (Phi) is 3.54. The fraction of sp³-hybridized carbons (Fsp3) is 0.583. The minimum absolute atomic E-state index is 0.0536. The number of fused-ring (bicyclic) bond motifs is 1. The second kappa shape index (κ2) is 5.23. The lowest BCUT2D eigenvalue weighted by Gasteiger charge is -2.36. The first-order valence-electron chi connectivity index (χ1n) is 6.79. The van der Waals surface area contributed by atoms with Crippen LogP contribution in [0.4, 0.5) is 5.82 Å². The van der Waals surface area contributed by atoms with Crippen LogP contribution < -0.4 is 4.90 Å². The summed E-state index contributed by atoms with van der Waals surface area (Å²) in [5.74, 6) is 0.856. The Morgan fingerprint density at radius 2 is 2.05 bits per heavy atom. The van der Waals surface area contributed by atoms with Gasteiger partial charge >= 0.3 is 0 Å². The number of sulfonamides is 1. The minimum atomic E-state index is -3.14. The van der Waals surface area contributed by atoms with Gasteiger partial charge in [-0.15, -0.1) is 0 Å². The topological polar surface area (TPSA) is 95.1 Å². The Hall–Kier alpha value is -1.74. The zero-order valence-corrected chi connectivity index (χ0v) is 12.8. The van der Waals surface area contributed by atoms with Gasteiger partial charge in [0.1, 0.15) is 12.1 Å². The minimum Gasteiger partial charge on any atom is -0.356 e. The molecule has 1 aliphatic heterocycles. The molecule has 1 saturated heterocycles. The monoisotopic (exact) mass is 310 g/mol. The molecule has 0 amide bonds. The van der Waals surface area contributed by atoms with E-state index in [1.54, 1.807) is 13.2 Å². The number of hydrogen-bond donors (Lipinski definition) is 1. The summed E-state index contributed by atoms with van der Waals surface area (Å²) in [6.07, 6.45) is 6.06. The Balaban J connectivity index is 1.76. The predicted molar refractivity (Wildman–Crippen MR) is 79.5 cm³/mol. The van der Waals surface area contributed by atoms with E-state index in [9.17, 15) is 8.42 Å². The zero-order chi connectivity index (χ0) is 15.0. The van der Waals surface area contributed by atoms with Crippen LogP contribution in [0, 0.1) is 0 Å². The van der Waals surface area contributed by atoms with Crippen LogP contribution in [0.2, 0.25) is 0 Å². The molecule has 1 N–H and O–H groups in total. The van der Waals surface area contributed by atoms with Gasteiger partial charge in [0.25, 0.3) is 0 Å². The molecule has 0 aromatic carbocycles. The molecule has 3 heterocycles. The van der Waals surface area contributed by atoms with E-state index in [2.05, 4.69) is 25.1 Å². The maximum Gasteiger partial charge on any atom is 0.211 e. The summed E-state index contributed by atoms with van der Waals surface area (Å²) in [5.41, 5.74) is 0.718. The van der Waals surface area contributed by atoms with E-state index < -0.39 is 10.0 Å². The predicted octanol–water partition coefficient (Wildman–Crippen LogP) is 0.213. The average molecular weight is 310 g/mol. The second-order valence-electron chi connectivity index (χ2n) is 5.33. The van der Waals surface area contributed by atoms with Crippen molar-refractivity contribution >= 4 is 26.9 Å². The van der Waals surface area contributed by atoms with E-state index >= 15 is 0 Å². The number of H-pyrrole nitrogens is 1. The van der Waals surface area contributed by atoms with Gasteiger partial charge in [-0.3, -0.25) is 5.10 Å². The first kappa shape index (κ1) is 14.2. The van der Waals surface area contributed by atoms with Crippen molar-refractivity contribution in [3.05, 3.63) is 12.5 Å². The van der Waals surface area contributed by atoms with Crippen LogP contribution in [-0.4, -0.2) is 65.3 Å². The van der Waals surface area contributed by atoms with Gasteiger partial charge < -0.3 is 4.90 Å². The van der Waals surface area contributed by atoms with Gasteiger partial charge in [-0.1, -0.05) is 0 Å². The van der Waals surface area contributed by atoms with E-state index in [-0.39, 0.29) is 6.04 Å². The molecule has 0 saturated carbocycles. The highest BCUT2D eigenvalue weighted by molar-refractivity contribution is 7.88. The normalized spacial score (nSPS) is 17.8. The van der Waals surface area contributed by atoms with Crippen molar-refractivity contribution in [1.82, 2.24) is 24.5 Å². The third kappa shape index (κ3) is 2.70. The summed E-state index contributed by atoms with van der Waals surface area (Å²) in [4.78, 5) is 10.6. The largest absolute Gasteiger partial charge is 0.356 e. The molecule has 0 radical (unpaired) electrons. The molecule has 21 heavy (non-hydrogen) atoms. The second-order valence-corrected chi connectivity index (χ2v) is 7.37. The van der Waals surface area contributed by atoms with Crippen molar-refractivity contribution in [1.29, 1.82) is 0 Å². The molecule has 0 atom stereocenters. The van der Waals surface area contributed by atoms with E-state index in [1.807, 2.05) is 0 Å². The summed E-state index contributed by atoms with van der Waals surface area (Å²) in [6.45, 7) is 1.53. The number of rotatable bonds is 3. The SMILES string of the molecule is CN(C1CCN(c2ncnc3[nH]ncc23)CC1)S(C)(=O)=O. The van der Waals surface area contributed by atoms with Crippen LogP contribution in [0.15, 0.2) is 12.5 Å². The summed E-state index contributed by atoms with van der Waals surface area (Å²) < 4.78 is 24.7. The fourth-order valence-electron chi connectivity index (χ4n) is 2.72. The van der Waals surface area contributed by atoms with Gasteiger partial charge in [0.2, 0.25) is 10.0 Å². The molecular formula is C12H18N6O2S. The van der Waals surface area contributed by atoms with E-state index in [0.29, 0.717) is 0 Å². The molecule has 0 unspecified atom stereocenters. The maximum absolute atomic E-state index is 11.6. The molecule has 1 fully saturated rings. The quantitative estimate of drug-likeness (QED) is 0.871. The van der Waals surface area contributed by atoms with Gasteiger partial charge in [-0.2, -0.15) is 5.10 Å². The van der Waals surface area contributed by atoms with Gasteiger partial charge in [0.05, 0.1) is 17.8 Å². The molecule has 0 bridgehead atoms. The standard InChI is InChI=1S/C12H18N6O2S/c1-17(21(2,19)20)9-3-5-18(6-4-9)12-10-7-15-16-11(10)13-8-14-12/h7-9H,3-6H2,1-2H3,(H,13,14,15,16). The lowest BCUT2D eigenvalue weighted by atomic mass is 10.1. The van der Waals surface area contributed by atoms with Crippen LogP contribution in [0.5, 0.6) is 0 Å². The van der Waals surface area contributed by atoms with Crippen molar-refractivity contribution in [3.8, 4) is 0 Å². The van der Waals surface area contributed by atoms with Gasteiger partial charge in [-0.25, -0.2) is 22.7 Å². The van der Waals surface area contributed by atoms with Crippen LogP contribution in [0.1, 0.15) is 12.8 Å². The summed E-state index contributed by atoms with van der Waals surface area (Å²) in [5, 5.41) is 7.72. The molecule has 2 aromatic heterocycles. The molecule has 8 nitrogen and oxygen atoms in total. The molecule has 1 aliphatic rings. The summed E-state index contributed by atoms with van der Waals surface area (Å²) in [7, 11) is -1.49. The smallest absolute Gasteiger partial charge is 0.211 e. The fourth-order valence-corrected chi connectivity index (χ4v) is 3.47. The Labute approximate surface area is 123 Å². The van der Waals surface area contributed by atoms with E-state index in [4.69, 9.17) is 0 Å². The molecule has 3 rings (SSSR count). The Bertz CT molecular complexity index is 735. The summed E-state index contributed by atoms with van der Waals surface area (Å²) in [6, 6.07) is 0.0536. The molecule has 114 valence electrons. The number of aromatic amines is 1. The number of nitrogens with one attached hydrogen (secondary N) is 1. The molecule has 2 aromatic rings. The lowest BCUT2D eigenvalue weighted by Crippen LogP contribution is -2.45. The van der Waals surface area contributed by atoms with Crippen molar-refractivity contribution in [2.45, 2.75) is 18.9 Å². The molecule has 9 heteroatoms. The van der Waals surface area contributed by atoms with E-state index in [0.717, 1.165) is 42.8 Å². The maximum atomic E-state index is 11.6. The lowest BCUT2D eigenvalue weighted by molar-refractivity contribution is 0.313. The third-order valence-corrected chi connectivity index (χ3v) is 5.37. The number of hydrogen-bond acceptors (Lipinski definition) is 6. The third-order valence-electron chi connectivity index (χ3n) is 4.03. The van der Waals surface area contributed by atoms with Gasteiger partial charge in [0.15, 0.2) is 5.65 Å². The highest BCUT2D eigenvalue weighted by atomic mass is 32.2. The number of nitrogens with zero attached hydrogens (tertiary/aromatic N) is 5. The van der Waals surface area contributed by atoms with Crippen molar-refractivity contribution in [2.24, 2.45) is 0 Å². The Morgan fingerprint density at radius 1 is 1.33 bits per heavy atom. The van der Waals surface area contributed by atoms with Crippen molar-refractivity contribution in [2.75, 3.05) is 31.3 Å². The Morgan fingerprint density at radius 3 is 2.71 bits per heavy atom. The summed E-state index contributed by atoms with van der Waals surface area (Å²) >= 11 is 0. The average Bonchev–Trinajstić information content (AvgIpc) is 2.94. The van der Waals surface area contributed by atoms with Gasteiger partial charge in [0, 0.05) is 26.2 Å². The van der Waals surface area contributed by atoms with Crippen LogP contribution in [-0.2, 0) is 10.0 Å². The number of piperidine rings is 1. The number of aromatic nitrogens is 4. The van der Waals surface area contributed by atoms with Crippen molar-refractivity contribution in [3.63, 3.8) is 0 Å². The molecular weight excluding hydrogens is 292 g/mol.